The Labute approximate surface area is 119 Å². The van der Waals surface area contributed by atoms with Crippen molar-refractivity contribution in [2.45, 2.75) is 31.6 Å². The second kappa shape index (κ2) is 5.97. The van der Waals surface area contributed by atoms with Gasteiger partial charge in [0.05, 0.1) is 0 Å². The average Bonchev–Trinajstić information content (AvgIpc) is 2.44. The lowest BCUT2D eigenvalue weighted by Crippen LogP contribution is -2.37. The maximum Gasteiger partial charge on any atom is 0.251 e. The van der Waals surface area contributed by atoms with Crippen LogP contribution >= 0.6 is 11.8 Å². The summed E-state index contributed by atoms with van der Waals surface area (Å²) in [5.41, 5.74) is 3.31. The lowest BCUT2D eigenvalue weighted by Gasteiger charge is -2.24. The molecule has 0 atom stereocenters. The number of rotatable bonds is 4. The molecule has 0 radical (unpaired) electrons. The molecule has 2 N–H and O–H groups in total. The molecule has 0 aliphatic carbocycles. The summed E-state index contributed by atoms with van der Waals surface area (Å²) in [6.07, 6.45) is 3.01. The molecule has 1 heterocycles. The first-order valence-corrected chi connectivity index (χ1v) is 7.91. The van der Waals surface area contributed by atoms with Crippen LogP contribution in [0.25, 0.3) is 0 Å². The van der Waals surface area contributed by atoms with Crippen molar-refractivity contribution in [2.75, 3.05) is 19.3 Å². The molecular formula is C15H22N2OS. The van der Waals surface area contributed by atoms with Crippen LogP contribution < -0.4 is 10.6 Å². The van der Waals surface area contributed by atoms with Crippen molar-refractivity contribution in [3.05, 3.63) is 34.9 Å². The zero-order valence-electron chi connectivity index (χ0n) is 11.9. The smallest absolute Gasteiger partial charge is 0.251 e. The molecule has 0 unspecified atom stereocenters. The van der Waals surface area contributed by atoms with E-state index in [4.69, 9.17) is 0 Å². The maximum atomic E-state index is 12.3. The fourth-order valence-electron chi connectivity index (χ4n) is 2.21. The summed E-state index contributed by atoms with van der Waals surface area (Å²) in [6.45, 7) is 6.79. The zero-order valence-corrected chi connectivity index (χ0v) is 12.7. The molecule has 1 aromatic carbocycles. The Morgan fingerprint density at radius 1 is 1.47 bits per heavy atom. The van der Waals surface area contributed by atoms with E-state index >= 15 is 0 Å². The van der Waals surface area contributed by atoms with E-state index in [9.17, 15) is 4.79 Å². The number of thioether (sulfide) groups is 1. The van der Waals surface area contributed by atoms with E-state index in [0.717, 1.165) is 25.1 Å². The van der Waals surface area contributed by atoms with Crippen molar-refractivity contribution in [1.82, 2.24) is 10.6 Å². The van der Waals surface area contributed by atoms with E-state index in [0.29, 0.717) is 6.54 Å². The maximum absolute atomic E-state index is 12.3. The quantitative estimate of drug-likeness (QED) is 0.887. The van der Waals surface area contributed by atoms with Gasteiger partial charge in [-0.3, -0.25) is 4.79 Å². The van der Waals surface area contributed by atoms with E-state index < -0.39 is 0 Å². The highest BCUT2D eigenvalue weighted by atomic mass is 32.2. The minimum atomic E-state index is 0.0564. The SMILES string of the molecule is CSC(C)(C)CNC(=O)c1cccc2c1CCNC2. The molecule has 1 aliphatic heterocycles. The van der Waals surface area contributed by atoms with Crippen molar-refractivity contribution >= 4 is 17.7 Å². The number of nitrogens with one attached hydrogen (secondary N) is 2. The van der Waals surface area contributed by atoms with Gasteiger partial charge in [0.2, 0.25) is 0 Å². The minimum absolute atomic E-state index is 0.0564. The third kappa shape index (κ3) is 3.51. The van der Waals surface area contributed by atoms with Gasteiger partial charge in [-0.25, -0.2) is 0 Å². The van der Waals surface area contributed by atoms with Gasteiger partial charge >= 0.3 is 0 Å². The molecule has 1 amide bonds. The molecule has 1 aliphatic rings. The Balaban J connectivity index is 2.11. The number of fused-ring (bicyclic) bond motifs is 1. The molecule has 0 fully saturated rings. The first kappa shape index (κ1) is 14.4. The van der Waals surface area contributed by atoms with Crippen LogP contribution in [0.5, 0.6) is 0 Å². The number of benzene rings is 1. The minimum Gasteiger partial charge on any atom is -0.351 e. The van der Waals surface area contributed by atoms with Crippen LogP contribution in [0.3, 0.4) is 0 Å². The van der Waals surface area contributed by atoms with Gasteiger partial charge in [0.1, 0.15) is 0 Å². The van der Waals surface area contributed by atoms with Crippen LogP contribution in [-0.2, 0) is 13.0 Å². The van der Waals surface area contributed by atoms with Gasteiger partial charge in [0.15, 0.2) is 0 Å². The van der Waals surface area contributed by atoms with Crippen LogP contribution in [0.4, 0.5) is 0 Å². The zero-order chi connectivity index (χ0) is 13.9. The topological polar surface area (TPSA) is 41.1 Å². The highest BCUT2D eigenvalue weighted by Crippen LogP contribution is 2.21. The monoisotopic (exact) mass is 278 g/mol. The van der Waals surface area contributed by atoms with Gasteiger partial charge < -0.3 is 10.6 Å². The summed E-state index contributed by atoms with van der Waals surface area (Å²) in [5, 5.41) is 6.40. The van der Waals surface area contributed by atoms with Gasteiger partial charge in [-0.1, -0.05) is 12.1 Å². The van der Waals surface area contributed by atoms with Crippen LogP contribution in [0.1, 0.15) is 35.3 Å². The molecule has 3 nitrogen and oxygen atoms in total. The molecule has 2 rings (SSSR count). The Morgan fingerprint density at radius 2 is 2.26 bits per heavy atom. The van der Waals surface area contributed by atoms with Crippen molar-refractivity contribution < 1.29 is 4.79 Å². The van der Waals surface area contributed by atoms with Gasteiger partial charge in [-0.15, -0.1) is 0 Å². The number of hydrogen-bond donors (Lipinski definition) is 2. The third-order valence-electron chi connectivity index (χ3n) is 3.61. The normalized spacial score (nSPS) is 14.9. The van der Waals surface area contributed by atoms with Gasteiger partial charge in [-0.2, -0.15) is 11.8 Å². The predicted molar refractivity (Wildman–Crippen MR) is 81.8 cm³/mol. The summed E-state index contributed by atoms with van der Waals surface area (Å²) >= 11 is 1.77. The van der Waals surface area contributed by atoms with Gasteiger partial charge in [-0.05, 0) is 50.3 Å². The van der Waals surface area contributed by atoms with Crippen molar-refractivity contribution in [3.63, 3.8) is 0 Å². The van der Waals surface area contributed by atoms with E-state index in [-0.39, 0.29) is 10.7 Å². The largest absolute Gasteiger partial charge is 0.351 e. The molecule has 1 aromatic rings. The standard InChI is InChI=1S/C15H22N2OS/c1-15(2,19-3)10-17-14(18)13-6-4-5-11-9-16-8-7-12(11)13/h4-6,16H,7-10H2,1-3H3,(H,17,18). The second-order valence-electron chi connectivity index (χ2n) is 5.52. The summed E-state index contributed by atoms with van der Waals surface area (Å²) in [6, 6.07) is 6.01. The Kier molecular flexibility index (Phi) is 4.53. The molecule has 0 saturated carbocycles. The molecule has 0 saturated heterocycles. The molecule has 0 aromatic heterocycles. The van der Waals surface area contributed by atoms with Crippen molar-refractivity contribution in [2.24, 2.45) is 0 Å². The lowest BCUT2D eigenvalue weighted by atomic mass is 9.95. The van der Waals surface area contributed by atoms with E-state index in [1.54, 1.807) is 11.8 Å². The first-order chi connectivity index (χ1) is 9.03. The predicted octanol–water partition coefficient (Wildman–Crippen LogP) is 2.20. The van der Waals surface area contributed by atoms with Crippen LogP contribution in [0.2, 0.25) is 0 Å². The number of hydrogen-bond acceptors (Lipinski definition) is 3. The second-order valence-corrected chi connectivity index (χ2v) is 7.03. The van der Waals surface area contributed by atoms with Crippen LogP contribution in [0.15, 0.2) is 18.2 Å². The Hall–Kier alpha value is -1.00. The highest BCUT2D eigenvalue weighted by molar-refractivity contribution is 7.99. The van der Waals surface area contributed by atoms with Crippen molar-refractivity contribution in [3.8, 4) is 0 Å². The molecule has 104 valence electrons. The van der Waals surface area contributed by atoms with Gasteiger partial charge in [0, 0.05) is 23.4 Å². The summed E-state index contributed by atoms with van der Waals surface area (Å²) in [5.74, 6) is 0.0564. The molecule has 19 heavy (non-hydrogen) atoms. The van der Waals surface area contributed by atoms with Crippen molar-refractivity contribution in [1.29, 1.82) is 0 Å². The van der Waals surface area contributed by atoms with E-state index in [1.165, 1.54) is 11.1 Å². The Bertz CT molecular complexity index is 471. The number of carbonyl (C=O) groups excluding carboxylic acids is 1. The van der Waals surface area contributed by atoms with E-state index in [2.05, 4.69) is 36.8 Å². The molecule has 0 spiro atoms. The fraction of sp³-hybridized carbons (Fsp3) is 0.533. The average molecular weight is 278 g/mol. The molecule has 4 heteroatoms. The molecule has 0 bridgehead atoms. The number of amides is 1. The summed E-state index contributed by atoms with van der Waals surface area (Å²) in [7, 11) is 0. The summed E-state index contributed by atoms with van der Waals surface area (Å²) < 4.78 is 0.0755. The lowest BCUT2D eigenvalue weighted by molar-refractivity contribution is 0.0949. The van der Waals surface area contributed by atoms with Gasteiger partial charge in [0.25, 0.3) is 5.91 Å². The highest BCUT2D eigenvalue weighted by Gasteiger charge is 2.20. The van der Waals surface area contributed by atoms with E-state index in [1.807, 2.05) is 12.1 Å². The first-order valence-electron chi connectivity index (χ1n) is 6.68. The molecular weight excluding hydrogens is 256 g/mol. The Morgan fingerprint density at radius 3 is 3.00 bits per heavy atom. The summed E-state index contributed by atoms with van der Waals surface area (Å²) in [4.78, 5) is 12.3. The van der Waals surface area contributed by atoms with Crippen LogP contribution in [-0.4, -0.2) is 30.0 Å². The number of carbonyl (C=O) groups is 1. The van der Waals surface area contributed by atoms with Crippen LogP contribution in [0, 0.1) is 0 Å². The fourth-order valence-corrected chi connectivity index (χ4v) is 2.42. The third-order valence-corrected chi connectivity index (χ3v) is 4.86.